The number of phenolic OH excluding ortho intramolecular Hbond substituents is 1. The number of phenols is 1. The van der Waals surface area contributed by atoms with Gasteiger partial charge in [0, 0.05) is 17.5 Å². The van der Waals surface area contributed by atoms with Crippen molar-refractivity contribution in [1.29, 1.82) is 0 Å². The molecule has 4 aromatic carbocycles. The molecule has 4 aromatic rings. The van der Waals surface area contributed by atoms with Gasteiger partial charge < -0.3 is 11.6 Å². The molecule has 8 heteroatoms. The molecule has 0 aliphatic heterocycles. The number of aliphatic hydroxyl groups excluding tert-OH is 1. The molecule has 2 aliphatic carbocycles. The Kier molecular flexibility index (Phi) is 14.9. The predicted molar refractivity (Wildman–Crippen MR) is 169 cm³/mol. The van der Waals surface area contributed by atoms with Gasteiger partial charge in [-0.3, -0.25) is 0 Å². The molecule has 2 N–H and O–H groups in total. The average Bonchev–Trinajstić information content (AvgIpc) is 3.72. The number of hydrogen-bond acceptors (Lipinski definition) is 2. The first-order chi connectivity index (χ1) is 20.7. The summed E-state index contributed by atoms with van der Waals surface area (Å²) in [5.74, 6) is -0.922. The topological polar surface area (TPSA) is 40.5 Å². The molecule has 2 aliphatic rings. The Balaban J connectivity index is 0.000000257. The largest absolute Gasteiger partial charge is 1.00 e. The number of aromatic hydroxyl groups is 1. The second kappa shape index (κ2) is 18.1. The number of halogens is 5. The zero-order valence-corrected chi connectivity index (χ0v) is 28.5. The van der Waals surface area contributed by atoms with E-state index in [1.54, 1.807) is 12.1 Å². The maximum absolute atomic E-state index is 13.2. The van der Waals surface area contributed by atoms with E-state index in [9.17, 15) is 22.7 Å². The maximum Gasteiger partial charge on any atom is 1.00 e. The molecule has 0 saturated heterocycles. The summed E-state index contributed by atoms with van der Waals surface area (Å²) in [6.45, 7) is 0. The fourth-order valence-corrected chi connectivity index (χ4v) is 6.33. The molecule has 230 valence electrons. The summed E-state index contributed by atoms with van der Waals surface area (Å²) >= 11 is 3.48. The van der Waals surface area contributed by atoms with Gasteiger partial charge in [0.25, 0.3) is 0 Å². The van der Waals surface area contributed by atoms with Crippen LogP contribution in [0.15, 0.2) is 84.9 Å². The van der Waals surface area contributed by atoms with E-state index in [0.29, 0.717) is 22.6 Å². The van der Waals surface area contributed by atoms with Crippen LogP contribution in [0.2, 0.25) is 0 Å². The first-order valence-corrected chi connectivity index (χ1v) is 15.9. The van der Waals surface area contributed by atoms with Gasteiger partial charge in [-0.2, -0.15) is 0 Å². The van der Waals surface area contributed by atoms with Crippen molar-refractivity contribution in [1.82, 2.24) is 0 Å². The van der Waals surface area contributed by atoms with E-state index in [4.69, 9.17) is 5.11 Å². The van der Waals surface area contributed by atoms with Gasteiger partial charge in [0.05, 0.1) is 6.10 Å². The van der Waals surface area contributed by atoms with Gasteiger partial charge in [0.2, 0.25) is 0 Å². The molecule has 0 aromatic heterocycles. The van der Waals surface area contributed by atoms with Crippen LogP contribution in [0.5, 0.6) is 5.75 Å². The standard InChI is InChI=1S/C18H18F2O.C12H8F2O.C6H11Br.Na.H/c19-16-9-15(10-17(20)11-16)12-5-7-14(8-6-12)18(21)13-3-1-2-4-13;13-10-5-9(6-11(14)7-10)8-1-3-12(15)4-2-8;7-5-6-3-1-2-4-6;;/h5-11,13,18,21H,1-4H2;1-7,15H;6H,1-5H2;;/q;;;+1;-1. The number of aliphatic hydroxyl groups is 1. The normalized spacial score (nSPS) is 15.4. The molecule has 1 atom stereocenters. The summed E-state index contributed by atoms with van der Waals surface area (Å²) < 4.78 is 52.3. The maximum atomic E-state index is 13.2. The zero-order chi connectivity index (χ0) is 30.8. The first kappa shape index (κ1) is 36.3. The summed E-state index contributed by atoms with van der Waals surface area (Å²) in [7, 11) is 0. The van der Waals surface area contributed by atoms with Crippen LogP contribution < -0.4 is 29.6 Å². The Morgan fingerprint density at radius 1 is 0.614 bits per heavy atom. The van der Waals surface area contributed by atoms with Crippen molar-refractivity contribution >= 4 is 15.9 Å². The van der Waals surface area contributed by atoms with Gasteiger partial charge in [-0.1, -0.05) is 78.0 Å². The van der Waals surface area contributed by atoms with Crippen LogP contribution in [-0.2, 0) is 0 Å². The third-order valence-corrected chi connectivity index (χ3v) is 8.97. The fraction of sp³-hybridized carbons (Fsp3) is 0.333. The van der Waals surface area contributed by atoms with Crippen LogP contribution in [0.25, 0.3) is 22.3 Å². The Labute approximate surface area is 289 Å². The molecule has 1 unspecified atom stereocenters. The third kappa shape index (κ3) is 11.0. The number of rotatable bonds is 5. The molecular weight excluding hydrogens is 643 g/mol. The molecule has 0 spiro atoms. The minimum Gasteiger partial charge on any atom is -1.00 e. The van der Waals surface area contributed by atoms with E-state index in [1.165, 1.54) is 80.3 Å². The second-order valence-corrected chi connectivity index (χ2v) is 11.9. The van der Waals surface area contributed by atoms with E-state index in [0.717, 1.165) is 42.0 Å². The summed E-state index contributed by atoms with van der Waals surface area (Å²) in [5.41, 5.74) is 3.24. The van der Waals surface area contributed by atoms with Crippen LogP contribution in [0.4, 0.5) is 17.6 Å². The van der Waals surface area contributed by atoms with Gasteiger partial charge in [-0.25, -0.2) is 17.6 Å². The smallest absolute Gasteiger partial charge is 1.00 e. The van der Waals surface area contributed by atoms with Crippen molar-refractivity contribution in [3.63, 3.8) is 0 Å². The number of alkyl halides is 1. The summed E-state index contributed by atoms with van der Waals surface area (Å²) in [5, 5.41) is 20.6. The predicted octanol–water partition coefficient (Wildman–Crippen LogP) is 7.88. The first-order valence-electron chi connectivity index (χ1n) is 14.8. The summed E-state index contributed by atoms with van der Waals surface area (Å²) in [4.78, 5) is 0. The molecule has 0 amide bonds. The van der Waals surface area contributed by atoms with Crippen LogP contribution in [0.3, 0.4) is 0 Å². The second-order valence-electron chi connectivity index (χ2n) is 11.3. The van der Waals surface area contributed by atoms with Crippen LogP contribution in [0, 0.1) is 35.1 Å². The van der Waals surface area contributed by atoms with E-state index < -0.39 is 29.4 Å². The molecule has 2 nitrogen and oxygen atoms in total. The van der Waals surface area contributed by atoms with Gasteiger partial charge in [0.15, 0.2) is 0 Å². The van der Waals surface area contributed by atoms with E-state index in [-0.39, 0.29) is 36.7 Å². The van der Waals surface area contributed by atoms with Crippen LogP contribution in [0.1, 0.15) is 64.5 Å². The number of benzene rings is 4. The molecule has 0 heterocycles. The van der Waals surface area contributed by atoms with Gasteiger partial charge in [0.1, 0.15) is 29.0 Å². The Bertz CT molecular complexity index is 1400. The molecule has 44 heavy (non-hydrogen) atoms. The minimum absolute atomic E-state index is 0. The van der Waals surface area contributed by atoms with E-state index in [2.05, 4.69) is 15.9 Å². The van der Waals surface area contributed by atoms with E-state index >= 15 is 0 Å². The van der Waals surface area contributed by atoms with Crippen LogP contribution in [-0.4, -0.2) is 15.5 Å². The Hall–Kier alpha value is -2.16. The molecule has 6 rings (SSSR count). The SMILES string of the molecule is BrCC1CCCC1.OC(c1ccc(-c2cc(F)cc(F)c2)cc1)C1CCCC1.Oc1ccc(-c2cc(F)cc(F)c2)cc1.[H-].[Na+]. The molecule has 0 radical (unpaired) electrons. The minimum atomic E-state index is -0.613. The Morgan fingerprint density at radius 3 is 1.39 bits per heavy atom. The molecule has 2 fully saturated rings. The van der Waals surface area contributed by atoms with E-state index in [1.807, 2.05) is 24.3 Å². The quantitative estimate of drug-likeness (QED) is 0.128. The number of hydrogen-bond donors (Lipinski definition) is 2. The Morgan fingerprint density at radius 2 is 1.00 bits per heavy atom. The fourth-order valence-electron chi connectivity index (χ4n) is 5.68. The monoisotopic (exact) mass is 680 g/mol. The van der Waals surface area contributed by atoms with Gasteiger partial charge in [-0.15, -0.1) is 0 Å². The summed E-state index contributed by atoms with van der Waals surface area (Å²) in [6, 6.07) is 20.3. The van der Waals surface area contributed by atoms with Crippen molar-refractivity contribution in [3.8, 4) is 28.0 Å². The molecule has 0 bridgehead atoms. The van der Waals surface area contributed by atoms with Gasteiger partial charge in [-0.05, 0) is 102 Å². The average molecular weight is 682 g/mol. The molecule has 2 saturated carbocycles. The van der Waals surface area contributed by atoms with Crippen molar-refractivity contribution in [2.75, 3.05) is 5.33 Å². The van der Waals surface area contributed by atoms with Crippen LogP contribution >= 0.6 is 15.9 Å². The van der Waals surface area contributed by atoms with Crippen molar-refractivity contribution in [2.45, 2.75) is 57.5 Å². The van der Waals surface area contributed by atoms with Crippen molar-refractivity contribution in [3.05, 3.63) is 114 Å². The zero-order valence-electron chi connectivity index (χ0n) is 26.0. The van der Waals surface area contributed by atoms with Crippen molar-refractivity contribution in [2.24, 2.45) is 11.8 Å². The third-order valence-electron chi connectivity index (χ3n) is 8.05. The summed E-state index contributed by atoms with van der Waals surface area (Å²) in [6.07, 6.45) is 9.93. The molecular formula is C36H38BrF4NaO2. The van der Waals surface area contributed by atoms with Crippen molar-refractivity contribution < 1.29 is 58.8 Å². The van der Waals surface area contributed by atoms with Gasteiger partial charge >= 0.3 is 29.6 Å².